The summed E-state index contributed by atoms with van der Waals surface area (Å²) in [6, 6.07) is 5.90. The fraction of sp³-hybridized carbons (Fsp3) is 0.588. The van der Waals surface area contributed by atoms with E-state index in [0.29, 0.717) is 0 Å². The van der Waals surface area contributed by atoms with E-state index in [0.717, 1.165) is 23.2 Å². The second-order valence-electron chi connectivity index (χ2n) is 6.77. The zero-order valence-electron chi connectivity index (χ0n) is 14.9. The number of sulfonamides is 1. The lowest BCUT2D eigenvalue weighted by Gasteiger charge is -2.33. The van der Waals surface area contributed by atoms with Gasteiger partial charge in [0, 0.05) is 24.2 Å². The predicted octanol–water partition coefficient (Wildman–Crippen LogP) is 2.95. The third kappa shape index (κ3) is 5.62. The zero-order chi connectivity index (χ0) is 17.8. The highest BCUT2D eigenvalue weighted by Gasteiger charge is 2.29. The van der Waals surface area contributed by atoms with E-state index in [-0.39, 0.29) is 18.9 Å². The summed E-state index contributed by atoms with van der Waals surface area (Å²) < 4.78 is 25.2. The maximum atomic E-state index is 12.3. The Kier molecular flexibility index (Phi) is 6.36. The Morgan fingerprint density at radius 1 is 1.26 bits per heavy atom. The van der Waals surface area contributed by atoms with E-state index in [2.05, 4.69) is 5.32 Å². The Balaban J connectivity index is 2.82. The van der Waals surface area contributed by atoms with Gasteiger partial charge in [-0.3, -0.25) is 4.79 Å². The van der Waals surface area contributed by atoms with Crippen molar-refractivity contribution in [1.82, 2.24) is 4.31 Å². The molecule has 6 heteroatoms. The second-order valence-corrected chi connectivity index (χ2v) is 8.67. The van der Waals surface area contributed by atoms with Crippen LogP contribution in [0.5, 0.6) is 0 Å². The van der Waals surface area contributed by atoms with Crippen molar-refractivity contribution in [3.05, 3.63) is 29.3 Å². The second kappa shape index (κ2) is 7.45. The number of hydrogen-bond donors (Lipinski definition) is 1. The number of carbonyl (C=O) groups excluding carboxylic acids is 1. The Morgan fingerprint density at radius 3 is 2.35 bits per heavy atom. The molecule has 23 heavy (non-hydrogen) atoms. The van der Waals surface area contributed by atoms with Gasteiger partial charge in [-0.15, -0.1) is 0 Å². The normalized spacial score (nSPS) is 12.5. The van der Waals surface area contributed by atoms with Crippen LogP contribution in [0, 0.1) is 6.92 Å². The van der Waals surface area contributed by atoms with Crippen molar-refractivity contribution in [3.8, 4) is 0 Å². The van der Waals surface area contributed by atoms with Gasteiger partial charge >= 0.3 is 0 Å². The number of anilines is 1. The van der Waals surface area contributed by atoms with E-state index in [9.17, 15) is 13.2 Å². The molecule has 1 aromatic rings. The maximum Gasteiger partial charge on any atom is 0.225 e. The van der Waals surface area contributed by atoms with Crippen molar-refractivity contribution >= 4 is 21.6 Å². The molecule has 0 atom stereocenters. The molecule has 0 radical (unpaired) electrons. The molecular weight excluding hydrogens is 312 g/mol. The van der Waals surface area contributed by atoms with Crippen LogP contribution in [0.15, 0.2) is 18.2 Å². The molecule has 0 saturated carbocycles. The van der Waals surface area contributed by atoms with Crippen molar-refractivity contribution in [2.75, 3.05) is 18.1 Å². The fourth-order valence-corrected chi connectivity index (χ4v) is 4.02. The molecule has 0 bridgehead atoms. The van der Waals surface area contributed by atoms with Gasteiger partial charge in [0.05, 0.1) is 6.26 Å². The minimum atomic E-state index is -3.36. The molecule has 1 amide bonds. The average Bonchev–Trinajstić information content (AvgIpc) is 2.38. The van der Waals surface area contributed by atoms with E-state index in [1.807, 2.05) is 52.8 Å². The highest BCUT2D eigenvalue weighted by Crippen LogP contribution is 2.22. The summed E-state index contributed by atoms with van der Waals surface area (Å²) in [5, 5.41) is 2.93. The molecular formula is C17H28N2O3S. The third-order valence-corrected chi connectivity index (χ3v) is 5.23. The number of carbonyl (C=O) groups is 1. The molecule has 1 aromatic carbocycles. The lowest BCUT2D eigenvalue weighted by molar-refractivity contribution is -0.116. The van der Waals surface area contributed by atoms with Gasteiger partial charge in [-0.2, -0.15) is 4.31 Å². The summed E-state index contributed by atoms with van der Waals surface area (Å²) in [4.78, 5) is 12.3. The molecule has 0 aliphatic heterocycles. The van der Waals surface area contributed by atoms with Crippen LogP contribution in [0.1, 0.15) is 45.2 Å². The average molecular weight is 340 g/mol. The number of aryl methyl sites for hydroxylation is 2. The first-order valence-corrected chi connectivity index (χ1v) is 9.67. The molecule has 0 aliphatic carbocycles. The van der Waals surface area contributed by atoms with Gasteiger partial charge in [0.15, 0.2) is 0 Å². The molecule has 130 valence electrons. The summed E-state index contributed by atoms with van der Waals surface area (Å²) >= 11 is 0. The first-order valence-electron chi connectivity index (χ1n) is 7.83. The lowest BCUT2D eigenvalue weighted by Crippen LogP contribution is -2.46. The molecule has 0 spiro atoms. The van der Waals surface area contributed by atoms with E-state index in [1.165, 1.54) is 10.6 Å². The maximum absolute atomic E-state index is 12.3. The van der Waals surface area contributed by atoms with Crippen molar-refractivity contribution in [2.24, 2.45) is 0 Å². The Hall–Kier alpha value is -1.40. The van der Waals surface area contributed by atoms with Crippen LogP contribution in [0.4, 0.5) is 5.69 Å². The summed E-state index contributed by atoms with van der Waals surface area (Å²) in [7, 11) is -3.36. The minimum Gasteiger partial charge on any atom is -0.326 e. The first-order chi connectivity index (χ1) is 10.5. The predicted molar refractivity (Wildman–Crippen MR) is 95.1 cm³/mol. The van der Waals surface area contributed by atoms with Crippen molar-refractivity contribution < 1.29 is 13.2 Å². The molecule has 5 nitrogen and oxygen atoms in total. The Morgan fingerprint density at radius 2 is 1.87 bits per heavy atom. The molecule has 0 fully saturated rings. The van der Waals surface area contributed by atoms with E-state index in [4.69, 9.17) is 0 Å². The Bertz CT molecular complexity index is 661. The highest BCUT2D eigenvalue weighted by atomic mass is 32.2. The highest BCUT2D eigenvalue weighted by molar-refractivity contribution is 7.88. The van der Waals surface area contributed by atoms with Crippen LogP contribution in [-0.2, 0) is 21.2 Å². The van der Waals surface area contributed by atoms with Crippen LogP contribution in [0.2, 0.25) is 0 Å². The van der Waals surface area contributed by atoms with E-state index < -0.39 is 15.6 Å². The molecule has 0 aromatic heterocycles. The van der Waals surface area contributed by atoms with Crippen molar-refractivity contribution in [3.63, 3.8) is 0 Å². The third-order valence-electron chi connectivity index (χ3n) is 3.69. The molecule has 1 N–H and O–H groups in total. The summed E-state index contributed by atoms with van der Waals surface area (Å²) in [6.45, 7) is 9.62. The van der Waals surface area contributed by atoms with Crippen molar-refractivity contribution in [1.29, 1.82) is 0 Å². The summed E-state index contributed by atoms with van der Waals surface area (Å²) in [5.41, 5.74) is 2.37. The Labute approximate surface area is 140 Å². The van der Waals surface area contributed by atoms with Crippen LogP contribution < -0.4 is 5.32 Å². The molecule has 0 saturated heterocycles. The quantitative estimate of drug-likeness (QED) is 0.866. The molecule has 0 heterocycles. The summed E-state index contributed by atoms with van der Waals surface area (Å²) in [5.74, 6) is -0.174. The number of nitrogens with zero attached hydrogens (tertiary/aromatic N) is 1. The smallest absolute Gasteiger partial charge is 0.225 e. The number of rotatable bonds is 6. The molecule has 0 unspecified atom stereocenters. The van der Waals surface area contributed by atoms with Gasteiger partial charge in [0.1, 0.15) is 0 Å². The number of benzene rings is 1. The first kappa shape index (κ1) is 19.6. The van der Waals surface area contributed by atoms with E-state index in [1.54, 1.807) is 0 Å². The SMILES string of the molecule is CCc1cccc(C)c1NC(=O)CCN(C(C)(C)C)S(C)(=O)=O. The topological polar surface area (TPSA) is 66.5 Å². The van der Waals surface area contributed by atoms with Gasteiger partial charge in [-0.1, -0.05) is 25.1 Å². The standard InChI is InChI=1S/C17H28N2O3S/c1-7-14-10-8-9-13(2)16(14)18-15(20)11-12-19(17(3,4)5)23(6,21)22/h8-10H,7,11-12H2,1-6H3,(H,18,20). The number of para-hydroxylation sites is 1. The van der Waals surface area contributed by atoms with Gasteiger partial charge in [0.2, 0.25) is 15.9 Å². The minimum absolute atomic E-state index is 0.127. The lowest BCUT2D eigenvalue weighted by atomic mass is 10.1. The number of amides is 1. The van der Waals surface area contributed by atoms with Crippen LogP contribution >= 0.6 is 0 Å². The number of hydrogen-bond acceptors (Lipinski definition) is 3. The largest absolute Gasteiger partial charge is 0.326 e. The van der Waals surface area contributed by atoms with Crippen LogP contribution in [0.25, 0.3) is 0 Å². The van der Waals surface area contributed by atoms with Gasteiger partial charge in [0.25, 0.3) is 0 Å². The van der Waals surface area contributed by atoms with Crippen LogP contribution in [-0.4, -0.2) is 37.0 Å². The van der Waals surface area contributed by atoms with Gasteiger partial charge in [-0.25, -0.2) is 8.42 Å². The monoisotopic (exact) mass is 340 g/mol. The van der Waals surface area contributed by atoms with Crippen LogP contribution in [0.3, 0.4) is 0 Å². The van der Waals surface area contributed by atoms with Gasteiger partial charge in [-0.05, 0) is 45.2 Å². The molecule has 1 rings (SSSR count). The number of nitrogens with one attached hydrogen (secondary N) is 1. The van der Waals surface area contributed by atoms with Gasteiger partial charge < -0.3 is 5.32 Å². The van der Waals surface area contributed by atoms with Crippen molar-refractivity contribution in [2.45, 2.75) is 53.0 Å². The molecule has 0 aliphatic rings. The fourth-order valence-electron chi connectivity index (χ4n) is 2.61. The van der Waals surface area contributed by atoms with E-state index >= 15 is 0 Å². The zero-order valence-corrected chi connectivity index (χ0v) is 15.8. The summed E-state index contributed by atoms with van der Waals surface area (Å²) in [6.07, 6.45) is 2.13.